The Morgan fingerprint density at radius 3 is 2.30 bits per heavy atom. The van der Waals surface area contributed by atoms with Crippen molar-refractivity contribution in [3.8, 4) is 16.9 Å². The Balaban J connectivity index is 2.73. The molecule has 0 aliphatic rings. The molecule has 2 aromatic rings. The van der Waals surface area contributed by atoms with E-state index in [1.165, 1.54) is 11.1 Å². The first kappa shape index (κ1) is 17.1. The Kier molecular flexibility index (Phi) is 5.09. The molecule has 0 radical (unpaired) electrons. The van der Waals surface area contributed by atoms with E-state index >= 15 is 0 Å². The van der Waals surface area contributed by atoms with Crippen molar-refractivity contribution < 1.29 is 9.53 Å². The van der Waals surface area contributed by atoms with Gasteiger partial charge in [-0.25, -0.2) is 0 Å². The highest BCUT2D eigenvalue weighted by Gasteiger charge is 2.20. The molecule has 0 unspecified atom stereocenters. The van der Waals surface area contributed by atoms with Crippen molar-refractivity contribution in [3.63, 3.8) is 0 Å². The molecule has 0 aliphatic carbocycles. The quantitative estimate of drug-likeness (QED) is 0.878. The molecule has 0 aliphatic heterocycles. The van der Waals surface area contributed by atoms with Crippen molar-refractivity contribution in [1.82, 2.24) is 0 Å². The van der Waals surface area contributed by atoms with E-state index in [0.29, 0.717) is 11.5 Å². The van der Waals surface area contributed by atoms with E-state index in [1.807, 2.05) is 26.0 Å². The summed E-state index contributed by atoms with van der Waals surface area (Å²) in [6, 6.07) is 10.1. The number of carbonyl (C=O) groups excluding carboxylic acids is 1. The van der Waals surface area contributed by atoms with Gasteiger partial charge in [0.05, 0.1) is 7.11 Å². The predicted molar refractivity (Wildman–Crippen MR) is 95.1 cm³/mol. The van der Waals surface area contributed by atoms with Gasteiger partial charge in [-0.15, -0.1) is 0 Å². The monoisotopic (exact) mass is 311 g/mol. The van der Waals surface area contributed by atoms with Crippen molar-refractivity contribution in [2.75, 3.05) is 7.11 Å². The molecule has 0 fully saturated rings. The van der Waals surface area contributed by atoms with E-state index in [-0.39, 0.29) is 5.91 Å². The number of ether oxygens (including phenoxy) is 1. The summed E-state index contributed by atoms with van der Waals surface area (Å²) in [5.41, 5.74) is 11.7. The Bertz CT molecular complexity index is 717. The molecule has 122 valence electrons. The van der Waals surface area contributed by atoms with Crippen LogP contribution in [0.4, 0.5) is 0 Å². The Morgan fingerprint density at radius 2 is 1.83 bits per heavy atom. The van der Waals surface area contributed by atoms with Gasteiger partial charge >= 0.3 is 0 Å². The first-order chi connectivity index (χ1) is 10.9. The Morgan fingerprint density at radius 1 is 1.22 bits per heavy atom. The fourth-order valence-electron chi connectivity index (χ4n) is 3.23. The number of carbonyl (C=O) groups is 1. The van der Waals surface area contributed by atoms with E-state index in [9.17, 15) is 4.79 Å². The standard InChI is InChI=1S/C20H25NO2/c1-6-12(2)18-14(4)19(20(21)22)13(3)11-17(18)15-7-9-16(23-5)10-8-15/h7-12H,6H2,1-5H3,(H2,21,22)/t12-/m1/s1. The summed E-state index contributed by atoms with van der Waals surface area (Å²) in [7, 11) is 1.66. The van der Waals surface area contributed by atoms with Gasteiger partial charge < -0.3 is 10.5 Å². The lowest BCUT2D eigenvalue weighted by atomic mass is 9.82. The summed E-state index contributed by atoms with van der Waals surface area (Å²) in [5.74, 6) is 0.831. The van der Waals surface area contributed by atoms with Crippen LogP contribution in [0.2, 0.25) is 0 Å². The molecular formula is C20H25NO2. The fraction of sp³-hybridized carbons (Fsp3) is 0.350. The number of aryl methyl sites for hydroxylation is 1. The highest BCUT2D eigenvalue weighted by atomic mass is 16.5. The molecule has 0 aromatic heterocycles. The summed E-state index contributed by atoms with van der Waals surface area (Å²) in [6.45, 7) is 8.29. The van der Waals surface area contributed by atoms with Crippen LogP contribution in [0.1, 0.15) is 53.2 Å². The van der Waals surface area contributed by atoms with Gasteiger partial charge in [0.2, 0.25) is 5.91 Å². The normalized spacial score (nSPS) is 12.0. The molecule has 2 rings (SSSR count). The third-order valence-electron chi connectivity index (χ3n) is 4.58. The second-order valence-corrected chi connectivity index (χ2v) is 6.06. The second kappa shape index (κ2) is 6.86. The zero-order chi connectivity index (χ0) is 17.1. The highest BCUT2D eigenvalue weighted by Crippen LogP contribution is 2.37. The molecular weight excluding hydrogens is 286 g/mol. The van der Waals surface area contributed by atoms with Gasteiger partial charge in [0, 0.05) is 5.56 Å². The molecule has 0 spiro atoms. The number of primary amides is 1. The lowest BCUT2D eigenvalue weighted by molar-refractivity contribution is 0.0999. The Hall–Kier alpha value is -2.29. The van der Waals surface area contributed by atoms with Gasteiger partial charge in [-0.2, -0.15) is 0 Å². The third-order valence-corrected chi connectivity index (χ3v) is 4.58. The van der Waals surface area contributed by atoms with Gasteiger partial charge in [-0.3, -0.25) is 4.79 Å². The maximum Gasteiger partial charge on any atom is 0.249 e. The summed E-state index contributed by atoms with van der Waals surface area (Å²) < 4.78 is 5.24. The summed E-state index contributed by atoms with van der Waals surface area (Å²) in [6.07, 6.45) is 1.01. The lowest BCUT2D eigenvalue weighted by Crippen LogP contribution is -2.17. The summed E-state index contributed by atoms with van der Waals surface area (Å²) >= 11 is 0. The SMILES string of the molecule is CC[C@@H](C)c1c(-c2ccc(OC)cc2)cc(C)c(C(N)=O)c1C. The smallest absolute Gasteiger partial charge is 0.249 e. The maximum atomic E-state index is 11.8. The number of nitrogens with two attached hydrogens (primary N) is 1. The molecule has 1 atom stereocenters. The number of benzene rings is 2. The van der Waals surface area contributed by atoms with Gasteiger partial charge in [0.15, 0.2) is 0 Å². The minimum absolute atomic E-state index is 0.353. The molecule has 0 bridgehead atoms. The van der Waals surface area contributed by atoms with Crippen LogP contribution in [0.3, 0.4) is 0 Å². The van der Waals surface area contributed by atoms with Crippen molar-refractivity contribution >= 4 is 5.91 Å². The van der Waals surface area contributed by atoms with Gasteiger partial charge in [-0.1, -0.05) is 32.0 Å². The van der Waals surface area contributed by atoms with E-state index in [2.05, 4.69) is 32.0 Å². The van der Waals surface area contributed by atoms with Crippen LogP contribution in [0.5, 0.6) is 5.75 Å². The van der Waals surface area contributed by atoms with Crippen LogP contribution in [-0.2, 0) is 0 Å². The first-order valence-corrected chi connectivity index (χ1v) is 7.99. The van der Waals surface area contributed by atoms with Crippen LogP contribution in [0.15, 0.2) is 30.3 Å². The second-order valence-electron chi connectivity index (χ2n) is 6.06. The van der Waals surface area contributed by atoms with Gasteiger partial charge in [0.25, 0.3) is 0 Å². The zero-order valence-electron chi connectivity index (χ0n) is 14.6. The average Bonchev–Trinajstić information content (AvgIpc) is 2.53. The minimum atomic E-state index is -0.356. The molecule has 2 N–H and O–H groups in total. The number of hydrogen-bond donors (Lipinski definition) is 1. The molecule has 1 amide bonds. The average molecular weight is 311 g/mol. The molecule has 0 saturated heterocycles. The van der Waals surface area contributed by atoms with Crippen molar-refractivity contribution in [1.29, 1.82) is 0 Å². The van der Waals surface area contributed by atoms with Crippen LogP contribution < -0.4 is 10.5 Å². The molecule has 3 nitrogen and oxygen atoms in total. The molecule has 3 heteroatoms. The summed E-state index contributed by atoms with van der Waals surface area (Å²) in [4.78, 5) is 11.8. The van der Waals surface area contributed by atoms with Crippen LogP contribution in [0, 0.1) is 13.8 Å². The van der Waals surface area contributed by atoms with Crippen molar-refractivity contribution in [2.45, 2.75) is 40.0 Å². The summed E-state index contributed by atoms with van der Waals surface area (Å²) in [5, 5.41) is 0. The number of rotatable bonds is 5. The number of hydrogen-bond acceptors (Lipinski definition) is 2. The number of amides is 1. The zero-order valence-corrected chi connectivity index (χ0v) is 14.6. The number of methoxy groups -OCH3 is 1. The highest BCUT2D eigenvalue weighted by molar-refractivity contribution is 5.97. The Labute approximate surface area is 138 Å². The van der Waals surface area contributed by atoms with Crippen molar-refractivity contribution in [2.24, 2.45) is 5.73 Å². The maximum absolute atomic E-state index is 11.8. The molecule has 0 heterocycles. The van der Waals surface area contributed by atoms with Crippen molar-refractivity contribution in [3.05, 3.63) is 52.6 Å². The third kappa shape index (κ3) is 3.24. The topological polar surface area (TPSA) is 52.3 Å². The van der Waals surface area contributed by atoms with E-state index in [0.717, 1.165) is 28.9 Å². The fourth-order valence-corrected chi connectivity index (χ4v) is 3.23. The van der Waals surface area contributed by atoms with Crippen LogP contribution in [-0.4, -0.2) is 13.0 Å². The minimum Gasteiger partial charge on any atom is -0.497 e. The lowest BCUT2D eigenvalue weighted by Gasteiger charge is -2.22. The first-order valence-electron chi connectivity index (χ1n) is 7.99. The molecule has 0 saturated carbocycles. The van der Waals surface area contributed by atoms with Gasteiger partial charge in [0.1, 0.15) is 5.75 Å². The largest absolute Gasteiger partial charge is 0.497 e. The van der Waals surface area contributed by atoms with E-state index in [1.54, 1.807) is 7.11 Å². The van der Waals surface area contributed by atoms with Crippen LogP contribution >= 0.6 is 0 Å². The van der Waals surface area contributed by atoms with E-state index < -0.39 is 0 Å². The van der Waals surface area contributed by atoms with Crippen LogP contribution in [0.25, 0.3) is 11.1 Å². The molecule has 23 heavy (non-hydrogen) atoms. The molecule has 2 aromatic carbocycles. The van der Waals surface area contributed by atoms with E-state index in [4.69, 9.17) is 10.5 Å². The predicted octanol–water partition coefficient (Wildman–Crippen LogP) is 4.59. The van der Waals surface area contributed by atoms with Gasteiger partial charge in [-0.05, 0) is 66.1 Å².